The predicted octanol–water partition coefficient (Wildman–Crippen LogP) is 3.82. The lowest BCUT2D eigenvalue weighted by atomic mass is 10.1. The SMILES string of the molecule is CCOc1ccccc1NC(=O)c1cccc(C(=O)N(CC)CC)c1. The van der Waals surface area contributed by atoms with E-state index in [4.69, 9.17) is 4.74 Å². The number of hydrogen-bond donors (Lipinski definition) is 1. The number of nitrogens with zero attached hydrogens (tertiary/aromatic N) is 1. The van der Waals surface area contributed by atoms with E-state index in [1.807, 2.05) is 32.9 Å². The van der Waals surface area contributed by atoms with E-state index >= 15 is 0 Å². The summed E-state index contributed by atoms with van der Waals surface area (Å²) in [7, 11) is 0. The summed E-state index contributed by atoms with van der Waals surface area (Å²) >= 11 is 0. The van der Waals surface area contributed by atoms with Gasteiger partial charge in [-0.25, -0.2) is 0 Å². The largest absolute Gasteiger partial charge is 0.492 e. The van der Waals surface area contributed by atoms with Crippen LogP contribution < -0.4 is 10.1 Å². The molecule has 0 unspecified atom stereocenters. The van der Waals surface area contributed by atoms with Gasteiger partial charge in [0.25, 0.3) is 11.8 Å². The second kappa shape index (κ2) is 8.87. The third kappa shape index (κ3) is 4.59. The summed E-state index contributed by atoms with van der Waals surface area (Å²) in [6.07, 6.45) is 0. The smallest absolute Gasteiger partial charge is 0.255 e. The Labute approximate surface area is 148 Å². The van der Waals surface area contributed by atoms with Gasteiger partial charge in [-0.3, -0.25) is 9.59 Å². The molecule has 0 saturated carbocycles. The molecule has 2 rings (SSSR count). The molecule has 132 valence electrons. The van der Waals surface area contributed by atoms with Gasteiger partial charge in [-0.05, 0) is 51.1 Å². The van der Waals surface area contributed by atoms with E-state index in [-0.39, 0.29) is 11.8 Å². The van der Waals surface area contributed by atoms with Crippen LogP contribution in [0.3, 0.4) is 0 Å². The molecule has 5 heteroatoms. The van der Waals surface area contributed by atoms with E-state index in [2.05, 4.69) is 5.32 Å². The van der Waals surface area contributed by atoms with Gasteiger partial charge in [0, 0.05) is 24.2 Å². The molecule has 25 heavy (non-hydrogen) atoms. The fraction of sp³-hybridized carbons (Fsp3) is 0.300. The van der Waals surface area contributed by atoms with E-state index in [0.29, 0.717) is 42.3 Å². The Balaban J connectivity index is 2.21. The quantitative estimate of drug-likeness (QED) is 0.833. The van der Waals surface area contributed by atoms with Crippen LogP contribution in [0, 0.1) is 0 Å². The molecular formula is C20H24N2O3. The third-order valence-corrected chi connectivity index (χ3v) is 3.86. The maximum absolute atomic E-state index is 12.6. The molecule has 0 radical (unpaired) electrons. The Morgan fingerprint density at radius 2 is 1.64 bits per heavy atom. The number of nitrogens with one attached hydrogen (secondary N) is 1. The zero-order valence-corrected chi connectivity index (χ0v) is 14.9. The minimum atomic E-state index is -0.277. The summed E-state index contributed by atoms with van der Waals surface area (Å²) in [6, 6.07) is 14.0. The van der Waals surface area contributed by atoms with Gasteiger partial charge in [-0.2, -0.15) is 0 Å². The van der Waals surface area contributed by atoms with E-state index < -0.39 is 0 Å². The molecule has 0 saturated heterocycles. The summed E-state index contributed by atoms with van der Waals surface area (Å²) in [5.41, 5.74) is 1.55. The Hall–Kier alpha value is -2.82. The topological polar surface area (TPSA) is 58.6 Å². The number of benzene rings is 2. The Morgan fingerprint density at radius 1 is 0.960 bits per heavy atom. The van der Waals surface area contributed by atoms with Crippen LogP contribution in [0.4, 0.5) is 5.69 Å². The first kappa shape index (κ1) is 18.5. The standard InChI is InChI=1S/C20H24N2O3/c1-4-22(5-2)20(24)16-11-9-10-15(14-16)19(23)21-17-12-7-8-13-18(17)25-6-3/h7-14H,4-6H2,1-3H3,(H,21,23). The number of para-hydroxylation sites is 2. The van der Waals surface area contributed by atoms with Crippen molar-refractivity contribution in [1.29, 1.82) is 0 Å². The normalized spacial score (nSPS) is 10.2. The molecule has 0 fully saturated rings. The highest BCUT2D eigenvalue weighted by atomic mass is 16.5. The van der Waals surface area contributed by atoms with Crippen molar-refractivity contribution >= 4 is 17.5 Å². The van der Waals surface area contributed by atoms with E-state index in [1.54, 1.807) is 41.3 Å². The minimum absolute atomic E-state index is 0.0747. The molecule has 2 aromatic rings. The average Bonchev–Trinajstić information content (AvgIpc) is 2.64. The van der Waals surface area contributed by atoms with Gasteiger partial charge < -0.3 is 15.0 Å². The van der Waals surface area contributed by atoms with Gasteiger partial charge in [-0.15, -0.1) is 0 Å². The van der Waals surface area contributed by atoms with Crippen LogP contribution in [-0.2, 0) is 0 Å². The first-order chi connectivity index (χ1) is 12.1. The summed E-state index contributed by atoms with van der Waals surface area (Å²) in [5, 5.41) is 2.85. The highest BCUT2D eigenvalue weighted by Crippen LogP contribution is 2.24. The molecule has 2 aromatic carbocycles. The Morgan fingerprint density at radius 3 is 2.32 bits per heavy atom. The monoisotopic (exact) mass is 340 g/mol. The first-order valence-corrected chi connectivity index (χ1v) is 8.53. The zero-order valence-electron chi connectivity index (χ0n) is 14.9. The van der Waals surface area contributed by atoms with Crippen molar-refractivity contribution in [2.75, 3.05) is 25.0 Å². The summed E-state index contributed by atoms with van der Waals surface area (Å²) in [6.45, 7) is 7.54. The van der Waals surface area contributed by atoms with Crippen molar-refractivity contribution in [3.05, 3.63) is 59.7 Å². The van der Waals surface area contributed by atoms with Gasteiger partial charge in [0.2, 0.25) is 0 Å². The molecule has 5 nitrogen and oxygen atoms in total. The van der Waals surface area contributed by atoms with Crippen molar-refractivity contribution in [3.63, 3.8) is 0 Å². The van der Waals surface area contributed by atoms with Crippen LogP contribution >= 0.6 is 0 Å². The number of hydrogen-bond acceptors (Lipinski definition) is 3. The highest BCUT2D eigenvalue weighted by Gasteiger charge is 2.15. The summed E-state index contributed by atoms with van der Waals surface area (Å²) < 4.78 is 5.52. The van der Waals surface area contributed by atoms with E-state index in [9.17, 15) is 9.59 Å². The lowest BCUT2D eigenvalue weighted by molar-refractivity contribution is 0.0773. The molecule has 0 bridgehead atoms. The van der Waals surface area contributed by atoms with Crippen molar-refractivity contribution < 1.29 is 14.3 Å². The van der Waals surface area contributed by atoms with Gasteiger partial charge in [0.05, 0.1) is 12.3 Å². The molecule has 0 aliphatic carbocycles. The molecule has 0 heterocycles. The second-order valence-corrected chi connectivity index (χ2v) is 5.44. The van der Waals surface area contributed by atoms with Crippen LogP contribution in [0.2, 0.25) is 0 Å². The van der Waals surface area contributed by atoms with Crippen LogP contribution in [0.1, 0.15) is 41.5 Å². The van der Waals surface area contributed by atoms with Crippen molar-refractivity contribution in [2.45, 2.75) is 20.8 Å². The van der Waals surface area contributed by atoms with Crippen LogP contribution in [0.25, 0.3) is 0 Å². The fourth-order valence-electron chi connectivity index (χ4n) is 2.53. The number of carbonyl (C=O) groups is 2. The predicted molar refractivity (Wildman–Crippen MR) is 99.3 cm³/mol. The molecule has 2 amide bonds. The van der Waals surface area contributed by atoms with Crippen LogP contribution in [0.15, 0.2) is 48.5 Å². The Bertz CT molecular complexity index is 739. The molecule has 0 spiro atoms. The second-order valence-electron chi connectivity index (χ2n) is 5.44. The molecule has 1 N–H and O–H groups in total. The molecule has 0 aromatic heterocycles. The van der Waals surface area contributed by atoms with Gasteiger partial charge in [0.1, 0.15) is 5.75 Å². The highest BCUT2D eigenvalue weighted by molar-refractivity contribution is 6.06. The van der Waals surface area contributed by atoms with Gasteiger partial charge >= 0.3 is 0 Å². The van der Waals surface area contributed by atoms with Crippen molar-refractivity contribution in [2.24, 2.45) is 0 Å². The van der Waals surface area contributed by atoms with E-state index in [0.717, 1.165) is 0 Å². The summed E-state index contributed by atoms with van der Waals surface area (Å²) in [4.78, 5) is 26.7. The molecule has 0 atom stereocenters. The molecule has 0 aliphatic heterocycles. The third-order valence-electron chi connectivity index (χ3n) is 3.86. The maximum Gasteiger partial charge on any atom is 0.255 e. The average molecular weight is 340 g/mol. The number of rotatable bonds is 7. The zero-order chi connectivity index (χ0) is 18.2. The lowest BCUT2D eigenvalue weighted by Crippen LogP contribution is -2.30. The summed E-state index contributed by atoms with van der Waals surface area (Å²) in [5.74, 6) is 0.268. The van der Waals surface area contributed by atoms with Crippen molar-refractivity contribution in [1.82, 2.24) is 4.90 Å². The minimum Gasteiger partial charge on any atom is -0.492 e. The molecular weight excluding hydrogens is 316 g/mol. The van der Waals surface area contributed by atoms with E-state index in [1.165, 1.54) is 0 Å². The van der Waals surface area contributed by atoms with Gasteiger partial charge in [-0.1, -0.05) is 18.2 Å². The lowest BCUT2D eigenvalue weighted by Gasteiger charge is -2.19. The number of ether oxygens (including phenoxy) is 1. The number of anilines is 1. The van der Waals surface area contributed by atoms with Crippen LogP contribution in [0.5, 0.6) is 5.75 Å². The maximum atomic E-state index is 12.6. The fourth-order valence-corrected chi connectivity index (χ4v) is 2.53. The van der Waals surface area contributed by atoms with Crippen molar-refractivity contribution in [3.8, 4) is 5.75 Å². The Kier molecular flexibility index (Phi) is 6.57. The molecule has 0 aliphatic rings. The first-order valence-electron chi connectivity index (χ1n) is 8.53. The van der Waals surface area contributed by atoms with Crippen LogP contribution in [-0.4, -0.2) is 36.4 Å². The number of amides is 2. The van der Waals surface area contributed by atoms with Gasteiger partial charge in [0.15, 0.2) is 0 Å². The number of carbonyl (C=O) groups excluding carboxylic acids is 2.